The number of methoxy groups -OCH3 is 1. The Morgan fingerprint density at radius 2 is 1.89 bits per heavy atom. The number of benzene rings is 1. The van der Waals surface area contributed by atoms with Crippen LogP contribution in [0.1, 0.15) is 33.8 Å². The molecule has 9 heteroatoms. The number of aromatic hydroxyl groups is 1. The van der Waals surface area contributed by atoms with E-state index in [1.54, 1.807) is 12.1 Å². The molecule has 0 radical (unpaired) electrons. The Labute approximate surface area is 167 Å². The van der Waals surface area contributed by atoms with E-state index in [1.165, 1.54) is 42.0 Å². The van der Waals surface area contributed by atoms with Crippen LogP contribution in [-0.2, 0) is 9.53 Å². The highest BCUT2D eigenvalue weighted by Gasteiger charge is 2.27. The number of hydrogen-bond acceptors (Lipinski definition) is 6. The standard InChI is InChI=1S/C19H15BrN2O6/c1-28-15(23)8-13(10-2-4-11(5-3-10)19(26)27)16-17(24)21-14-7-6-12(20)9-22(14)18(16)25/h2-7,9,13,24H,8H2,1H3,(H,26,27)/t13-/m0/s1. The zero-order valence-electron chi connectivity index (χ0n) is 14.6. The quantitative estimate of drug-likeness (QED) is 0.578. The third-order valence-corrected chi connectivity index (χ3v) is 4.78. The number of fused-ring (bicyclic) bond motifs is 1. The number of aromatic nitrogens is 2. The lowest BCUT2D eigenvalue weighted by Crippen LogP contribution is -2.24. The normalized spacial score (nSPS) is 11.9. The lowest BCUT2D eigenvalue weighted by molar-refractivity contribution is -0.140. The average molecular weight is 447 g/mol. The number of halogens is 1. The second-order valence-corrected chi connectivity index (χ2v) is 6.91. The Balaban J connectivity index is 2.21. The van der Waals surface area contributed by atoms with E-state index in [0.29, 0.717) is 10.0 Å². The SMILES string of the molecule is COC(=O)C[C@@H](c1ccc(C(=O)O)cc1)c1c(O)nc2ccc(Br)cn2c1=O. The van der Waals surface area contributed by atoms with Gasteiger partial charge in [0.05, 0.1) is 24.7 Å². The first-order valence-electron chi connectivity index (χ1n) is 8.12. The van der Waals surface area contributed by atoms with Gasteiger partial charge in [0.15, 0.2) is 0 Å². The highest BCUT2D eigenvalue weighted by Crippen LogP contribution is 2.31. The minimum Gasteiger partial charge on any atom is -0.493 e. The van der Waals surface area contributed by atoms with Crippen LogP contribution >= 0.6 is 15.9 Å². The molecule has 2 aromatic heterocycles. The van der Waals surface area contributed by atoms with Crippen molar-refractivity contribution in [2.75, 3.05) is 7.11 Å². The predicted molar refractivity (Wildman–Crippen MR) is 103 cm³/mol. The molecule has 0 aliphatic heterocycles. The van der Waals surface area contributed by atoms with Crippen LogP contribution in [0, 0.1) is 0 Å². The van der Waals surface area contributed by atoms with Gasteiger partial charge >= 0.3 is 11.9 Å². The van der Waals surface area contributed by atoms with Gasteiger partial charge in [-0.1, -0.05) is 12.1 Å². The molecule has 8 nitrogen and oxygen atoms in total. The predicted octanol–water partition coefficient (Wildman–Crippen LogP) is 2.56. The first kappa shape index (κ1) is 19.6. The van der Waals surface area contributed by atoms with Gasteiger partial charge in [-0.3, -0.25) is 14.0 Å². The van der Waals surface area contributed by atoms with Crippen LogP contribution in [-0.4, -0.2) is 38.6 Å². The maximum atomic E-state index is 13.1. The number of carboxylic acids is 1. The van der Waals surface area contributed by atoms with Crippen LogP contribution in [0.2, 0.25) is 0 Å². The minimum atomic E-state index is -1.10. The van der Waals surface area contributed by atoms with Gasteiger partial charge in [-0.25, -0.2) is 4.79 Å². The Bertz CT molecular complexity index is 1120. The van der Waals surface area contributed by atoms with Crippen molar-refractivity contribution < 1.29 is 24.5 Å². The fourth-order valence-electron chi connectivity index (χ4n) is 2.91. The van der Waals surface area contributed by atoms with Gasteiger partial charge in [0.2, 0.25) is 5.88 Å². The van der Waals surface area contributed by atoms with E-state index in [1.807, 2.05) is 0 Å². The molecule has 0 spiro atoms. The maximum absolute atomic E-state index is 13.1. The molecule has 0 saturated heterocycles. The van der Waals surface area contributed by atoms with E-state index >= 15 is 0 Å². The van der Waals surface area contributed by atoms with Crippen molar-refractivity contribution in [1.82, 2.24) is 9.38 Å². The number of esters is 1. The summed E-state index contributed by atoms with van der Waals surface area (Å²) in [7, 11) is 1.22. The lowest BCUT2D eigenvalue weighted by Gasteiger charge is -2.18. The molecule has 2 N–H and O–H groups in total. The van der Waals surface area contributed by atoms with E-state index in [9.17, 15) is 19.5 Å². The van der Waals surface area contributed by atoms with Crippen molar-refractivity contribution in [1.29, 1.82) is 0 Å². The largest absolute Gasteiger partial charge is 0.493 e. The zero-order chi connectivity index (χ0) is 20.4. The molecule has 1 atom stereocenters. The number of ether oxygens (including phenoxy) is 1. The number of hydrogen-bond donors (Lipinski definition) is 2. The van der Waals surface area contributed by atoms with E-state index in [2.05, 4.69) is 20.9 Å². The van der Waals surface area contributed by atoms with Gasteiger partial charge in [-0.05, 0) is 45.8 Å². The number of aromatic carboxylic acids is 1. The van der Waals surface area contributed by atoms with Crippen molar-refractivity contribution in [3.8, 4) is 5.88 Å². The molecular weight excluding hydrogens is 432 g/mol. The lowest BCUT2D eigenvalue weighted by atomic mass is 9.89. The molecule has 0 amide bonds. The third kappa shape index (κ3) is 3.74. The third-order valence-electron chi connectivity index (χ3n) is 4.31. The summed E-state index contributed by atoms with van der Waals surface area (Å²) < 4.78 is 6.61. The molecule has 0 aliphatic rings. The fourth-order valence-corrected chi connectivity index (χ4v) is 3.25. The van der Waals surface area contributed by atoms with Gasteiger partial charge < -0.3 is 14.9 Å². The van der Waals surface area contributed by atoms with Crippen LogP contribution in [0.4, 0.5) is 0 Å². The summed E-state index contributed by atoms with van der Waals surface area (Å²) in [6.45, 7) is 0. The second-order valence-electron chi connectivity index (χ2n) is 5.99. The molecule has 3 rings (SSSR count). The number of pyridine rings is 1. The monoisotopic (exact) mass is 446 g/mol. The number of nitrogens with zero attached hydrogens (tertiary/aromatic N) is 2. The summed E-state index contributed by atoms with van der Waals surface area (Å²) in [5, 5.41) is 19.5. The first-order valence-corrected chi connectivity index (χ1v) is 8.92. The van der Waals surface area contributed by atoms with E-state index in [-0.39, 0.29) is 23.2 Å². The van der Waals surface area contributed by atoms with Crippen molar-refractivity contribution in [2.24, 2.45) is 0 Å². The van der Waals surface area contributed by atoms with Crippen molar-refractivity contribution >= 4 is 33.5 Å². The second kappa shape index (κ2) is 7.81. The molecule has 2 heterocycles. The molecule has 0 unspecified atom stereocenters. The molecule has 144 valence electrons. The van der Waals surface area contributed by atoms with Gasteiger partial charge in [-0.2, -0.15) is 4.98 Å². The maximum Gasteiger partial charge on any atom is 0.335 e. The average Bonchev–Trinajstić information content (AvgIpc) is 2.67. The van der Waals surface area contributed by atoms with E-state index in [4.69, 9.17) is 9.84 Å². The van der Waals surface area contributed by atoms with Crippen LogP contribution in [0.5, 0.6) is 5.88 Å². The Morgan fingerprint density at radius 3 is 2.50 bits per heavy atom. The first-order chi connectivity index (χ1) is 13.3. The molecule has 0 aliphatic carbocycles. The minimum absolute atomic E-state index is 0.0575. The van der Waals surface area contributed by atoms with Crippen molar-refractivity contribution in [3.05, 3.63) is 74.1 Å². The van der Waals surface area contributed by atoms with Crippen molar-refractivity contribution in [2.45, 2.75) is 12.3 Å². The summed E-state index contributed by atoms with van der Waals surface area (Å²) in [6.07, 6.45) is 1.28. The molecule has 0 saturated carbocycles. The topological polar surface area (TPSA) is 118 Å². The molecule has 1 aromatic carbocycles. The van der Waals surface area contributed by atoms with Gasteiger partial charge in [0.1, 0.15) is 5.65 Å². The van der Waals surface area contributed by atoms with Gasteiger partial charge in [0, 0.05) is 16.6 Å². The summed E-state index contributed by atoms with van der Waals surface area (Å²) in [6, 6.07) is 8.95. The molecule has 0 fully saturated rings. The van der Waals surface area contributed by atoms with Gasteiger partial charge in [0.25, 0.3) is 5.56 Å². The Morgan fingerprint density at radius 1 is 1.21 bits per heavy atom. The van der Waals surface area contributed by atoms with E-state index in [0.717, 1.165) is 0 Å². The highest BCUT2D eigenvalue weighted by atomic mass is 79.9. The van der Waals surface area contributed by atoms with Crippen LogP contribution in [0.3, 0.4) is 0 Å². The molecular formula is C19H15BrN2O6. The summed E-state index contributed by atoms with van der Waals surface area (Å²) in [5.74, 6) is -3.06. The number of carboxylic acid groups (broad SMARTS) is 1. The highest BCUT2D eigenvalue weighted by molar-refractivity contribution is 9.10. The number of carbonyl (C=O) groups excluding carboxylic acids is 1. The molecule has 0 bridgehead atoms. The smallest absolute Gasteiger partial charge is 0.335 e. The van der Waals surface area contributed by atoms with Crippen LogP contribution < -0.4 is 5.56 Å². The summed E-state index contributed by atoms with van der Waals surface area (Å²) in [5.41, 5.74) is 0.151. The van der Waals surface area contributed by atoms with E-state index < -0.39 is 29.3 Å². The summed E-state index contributed by atoms with van der Waals surface area (Å²) >= 11 is 3.28. The fraction of sp³-hybridized carbons (Fsp3) is 0.158. The number of carbonyl (C=O) groups is 2. The molecule has 28 heavy (non-hydrogen) atoms. The Hall–Kier alpha value is -3.20. The number of rotatable bonds is 5. The van der Waals surface area contributed by atoms with Crippen LogP contribution in [0.15, 0.2) is 51.9 Å². The molecule has 3 aromatic rings. The van der Waals surface area contributed by atoms with Gasteiger partial charge in [-0.15, -0.1) is 0 Å². The summed E-state index contributed by atoms with van der Waals surface area (Å²) in [4.78, 5) is 40.1. The van der Waals surface area contributed by atoms with Crippen molar-refractivity contribution in [3.63, 3.8) is 0 Å². The zero-order valence-corrected chi connectivity index (χ0v) is 16.2. The van der Waals surface area contributed by atoms with Crippen LogP contribution in [0.25, 0.3) is 5.65 Å². The Kier molecular flexibility index (Phi) is 5.46.